The number of carboxylic acid groups (broad SMARTS) is 1. The second kappa shape index (κ2) is 5.57. The second-order valence-corrected chi connectivity index (χ2v) is 4.31. The maximum atomic E-state index is 13.2. The number of carbonyl (C=O) groups excluding carboxylic acids is 2. The Balaban J connectivity index is 2.97. The van der Waals surface area contributed by atoms with Gasteiger partial charge < -0.3 is 14.6 Å². The topological polar surface area (TPSA) is 66.4 Å². The predicted molar refractivity (Wildman–Crippen MR) is 52.7 cm³/mol. The van der Waals surface area contributed by atoms with Crippen molar-refractivity contribution >= 4 is 11.9 Å². The Bertz CT molecular complexity index is 460. The molecule has 0 aromatic heterocycles. The summed E-state index contributed by atoms with van der Waals surface area (Å²) in [7, 11) is 0. The van der Waals surface area contributed by atoms with Crippen LogP contribution in [0, 0.1) is 0 Å². The van der Waals surface area contributed by atoms with Gasteiger partial charge in [-0.15, -0.1) is 0 Å². The number of carbonyl (C=O) groups is 2. The zero-order valence-electron chi connectivity index (χ0n) is 10.3. The molecule has 1 unspecified atom stereocenters. The highest BCUT2D eigenvalue weighted by molar-refractivity contribution is 5.83. The van der Waals surface area contributed by atoms with E-state index in [0.29, 0.717) is 12.8 Å². The minimum absolute atomic E-state index is 0.0563. The Morgan fingerprint density at radius 3 is 2.10 bits per heavy atom. The molecule has 0 fully saturated rings. The van der Waals surface area contributed by atoms with Gasteiger partial charge in [0.25, 0.3) is 0 Å². The summed E-state index contributed by atoms with van der Waals surface area (Å²) in [5.41, 5.74) is 0. The molecule has 0 heterocycles. The first kappa shape index (κ1) is 17.3. The van der Waals surface area contributed by atoms with Crippen molar-refractivity contribution < 1.29 is 45.8 Å². The lowest BCUT2D eigenvalue weighted by atomic mass is 10.0. The Kier molecular flexibility index (Phi) is 4.59. The van der Waals surface area contributed by atoms with E-state index in [2.05, 4.69) is 4.74 Å². The second-order valence-electron chi connectivity index (χ2n) is 4.31. The highest BCUT2D eigenvalue weighted by Crippen LogP contribution is 2.46. The lowest BCUT2D eigenvalue weighted by molar-refractivity contribution is -0.366. The van der Waals surface area contributed by atoms with Gasteiger partial charge in [-0.05, 0) is 25.3 Å². The van der Waals surface area contributed by atoms with E-state index in [4.69, 9.17) is 0 Å². The standard InChI is InChI=1S/C11H10F6O4/c12-9(13,7(18)19)11(16,17)10(14,15)8(20)21-6-4-2-1-3-5-6/h2,4,6H,1,3,5H2,(H,18,19)/p-1. The molecule has 0 aromatic carbocycles. The lowest BCUT2D eigenvalue weighted by Gasteiger charge is -2.32. The van der Waals surface area contributed by atoms with Crippen molar-refractivity contribution in [2.75, 3.05) is 0 Å². The van der Waals surface area contributed by atoms with Gasteiger partial charge in [-0.2, -0.15) is 26.3 Å². The van der Waals surface area contributed by atoms with Crippen LogP contribution in [0.5, 0.6) is 0 Å². The zero-order chi connectivity index (χ0) is 16.5. The summed E-state index contributed by atoms with van der Waals surface area (Å²) in [6, 6.07) is 0. The molecule has 1 atom stereocenters. The van der Waals surface area contributed by atoms with Crippen molar-refractivity contribution in [1.82, 2.24) is 0 Å². The SMILES string of the molecule is O=C([O-])C(F)(F)C(F)(F)C(F)(F)C(=O)OC1C=CCCC1. The molecule has 21 heavy (non-hydrogen) atoms. The van der Waals surface area contributed by atoms with Crippen molar-refractivity contribution in [2.45, 2.75) is 43.1 Å². The van der Waals surface area contributed by atoms with Crippen LogP contribution in [0.1, 0.15) is 19.3 Å². The number of rotatable bonds is 5. The monoisotopic (exact) mass is 319 g/mol. The van der Waals surface area contributed by atoms with Gasteiger partial charge >= 0.3 is 23.7 Å². The summed E-state index contributed by atoms with van der Waals surface area (Å²) in [6.07, 6.45) is 2.36. The van der Waals surface area contributed by atoms with Crippen LogP contribution in [0.2, 0.25) is 0 Å². The number of carboxylic acids is 1. The first-order chi connectivity index (χ1) is 9.44. The molecule has 1 aliphatic rings. The number of esters is 1. The van der Waals surface area contributed by atoms with Crippen LogP contribution in [0.15, 0.2) is 12.2 Å². The van der Waals surface area contributed by atoms with Crippen molar-refractivity contribution in [3.05, 3.63) is 12.2 Å². The molecule has 0 saturated carbocycles. The van der Waals surface area contributed by atoms with E-state index in [0.717, 1.165) is 6.08 Å². The van der Waals surface area contributed by atoms with Gasteiger partial charge in [0.05, 0.1) is 0 Å². The van der Waals surface area contributed by atoms with Gasteiger partial charge in [-0.1, -0.05) is 6.08 Å². The Labute approximate surface area is 114 Å². The number of halogens is 6. The van der Waals surface area contributed by atoms with Crippen molar-refractivity contribution in [2.24, 2.45) is 0 Å². The number of ether oxygens (including phenoxy) is 1. The normalized spacial score (nSPS) is 20.2. The predicted octanol–water partition coefficient (Wildman–Crippen LogP) is 1.29. The first-order valence-electron chi connectivity index (χ1n) is 5.67. The maximum Gasteiger partial charge on any atom is 0.411 e. The number of hydrogen-bond donors (Lipinski definition) is 0. The quantitative estimate of drug-likeness (QED) is 0.435. The van der Waals surface area contributed by atoms with Gasteiger partial charge in [-0.25, -0.2) is 4.79 Å². The van der Waals surface area contributed by atoms with Gasteiger partial charge in [0.2, 0.25) is 0 Å². The summed E-state index contributed by atoms with van der Waals surface area (Å²) >= 11 is 0. The number of aliphatic carboxylic acids is 1. The first-order valence-corrected chi connectivity index (χ1v) is 5.67. The van der Waals surface area contributed by atoms with E-state index in [-0.39, 0.29) is 6.42 Å². The number of alkyl halides is 6. The summed E-state index contributed by atoms with van der Waals surface area (Å²) in [4.78, 5) is 20.9. The largest absolute Gasteiger partial charge is 0.544 e. The van der Waals surface area contributed by atoms with Crippen LogP contribution in [0.4, 0.5) is 26.3 Å². The highest BCUT2D eigenvalue weighted by Gasteiger charge is 2.76. The van der Waals surface area contributed by atoms with Gasteiger partial charge in [0.1, 0.15) is 12.1 Å². The molecule has 0 amide bonds. The van der Waals surface area contributed by atoms with E-state index in [1.165, 1.54) is 6.08 Å². The van der Waals surface area contributed by atoms with Crippen molar-refractivity contribution in [3.63, 3.8) is 0 Å². The average molecular weight is 319 g/mol. The molecule has 0 aliphatic heterocycles. The third-order valence-corrected chi connectivity index (χ3v) is 2.77. The highest BCUT2D eigenvalue weighted by atomic mass is 19.3. The van der Waals surface area contributed by atoms with Crippen LogP contribution >= 0.6 is 0 Å². The molecule has 120 valence electrons. The van der Waals surface area contributed by atoms with Gasteiger partial charge in [0.15, 0.2) is 0 Å². The fourth-order valence-corrected chi connectivity index (χ4v) is 1.54. The summed E-state index contributed by atoms with van der Waals surface area (Å²) in [5.74, 6) is -25.4. The van der Waals surface area contributed by atoms with Gasteiger partial charge in [0, 0.05) is 0 Å². The van der Waals surface area contributed by atoms with E-state index in [1.807, 2.05) is 0 Å². The zero-order valence-corrected chi connectivity index (χ0v) is 10.3. The summed E-state index contributed by atoms with van der Waals surface area (Å²) < 4.78 is 81.7. The molecule has 0 spiro atoms. The smallest absolute Gasteiger partial charge is 0.411 e. The molecular weight excluding hydrogens is 310 g/mol. The Morgan fingerprint density at radius 1 is 1.10 bits per heavy atom. The Morgan fingerprint density at radius 2 is 1.67 bits per heavy atom. The van der Waals surface area contributed by atoms with Crippen molar-refractivity contribution in [1.29, 1.82) is 0 Å². The van der Waals surface area contributed by atoms with E-state index >= 15 is 0 Å². The summed E-state index contributed by atoms with van der Waals surface area (Å²) in [6.45, 7) is 0. The van der Waals surface area contributed by atoms with Crippen LogP contribution in [0.25, 0.3) is 0 Å². The Hall–Kier alpha value is -1.74. The van der Waals surface area contributed by atoms with E-state index in [9.17, 15) is 41.0 Å². The molecule has 0 radical (unpaired) electrons. The van der Waals surface area contributed by atoms with Crippen LogP contribution in [-0.4, -0.2) is 35.8 Å². The third-order valence-electron chi connectivity index (χ3n) is 2.77. The molecule has 1 rings (SSSR count). The average Bonchev–Trinajstić information content (AvgIpc) is 2.39. The molecule has 10 heteroatoms. The van der Waals surface area contributed by atoms with Crippen molar-refractivity contribution in [3.8, 4) is 0 Å². The van der Waals surface area contributed by atoms with Gasteiger partial charge in [-0.3, -0.25) is 0 Å². The summed E-state index contributed by atoms with van der Waals surface area (Å²) in [5, 5.41) is 9.89. The van der Waals surface area contributed by atoms with E-state index in [1.54, 1.807) is 0 Å². The molecule has 0 bridgehead atoms. The number of hydrogen-bond acceptors (Lipinski definition) is 4. The minimum atomic E-state index is -6.49. The molecule has 0 N–H and O–H groups in total. The fourth-order valence-electron chi connectivity index (χ4n) is 1.54. The van der Waals surface area contributed by atoms with Crippen LogP contribution < -0.4 is 5.11 Å². The maximum absolute atomic E-state index is 13.2. The third kappa shape index (κ3) is 2.98. The molecule has 0 saturated heterocycles. The van der Waals surface area contributed by atoms with E-state index < -0.39 is 35.8 Å². The molecule has 1 aliphatic carbocycles. The minimum Gasteiger partial charge on any atom is -0.544 e. The number of allylic oxidation sites excluding steroid dienone is 1. The molecular formula is C11H9F6O4-. The van der Waals surface area contributed by atoms with Crippen LogP contribution in [-0.2, 0) is 14.3 Å². The molecule has 0 aromatic rings. The van der Waals surface area contributed by atoms with Crippen LogP contribution in [0.3, 0.4) is 0 Å². The lowest BCUT2D eigenvalue weighted by Crippen LogP contribution is -2.64. The fraction of sp³-hybridized carbons (Fsp3) is 0.636. The molecule has 4 nitrogen and oxygen atoms in total.